The molecular weight excluding hydrogens is 231 g/mol. The van der Waals surface area contributed by atoms with E-state index in [-0.39, 0.29) is 17.6 Å². The predicted octanol–water partition coefficient (Wildman–Crippen LogP) is 2.41. The zero-order chi connectivity index (χ0) is 13.0. The maximum Gasteiger partial charge on any atom is 0.150 e. The second kappa shape index (κ2) is 6.16. The van der Waals surface area contributed by atoms with E-state index in [9.17, 15) is 4.39 Å². The standard InChI is InChI=1S/C14H21FN2O/c1-17(10-12-6-2-3-8-18-12)9-11-5-4-7-13(16)14(11)15/h4-5,7,12H,2-3,6,8-10,16H2,1H3. The summed E-state index contributed by atoms with van der Waals surface area (Å²) < 4.78 is 19.4. The molecule has 4 heteroatoms. The summed E-state index contributed by atoms with van der Waals surface area (Å²) in [5.74, 6) is -0.297. The number of nitrogens with zero attached hydrogens (tertiary/aromatic N) is 1. The third-order valence-electron chi connectivity index (χ3n) is 3.34. The van der Waals surface area contributed by atoms with Gasteiger partial charge in [-0.1, -0.05) is 12.1 Å². The zero-order valence-electron chi connectivity index (χ0n) is 10.9. The summed E-state index contributed by atoms with van der Waals surface area (Å²) in [5.41, 5.74) is 6.43. The topological polar surface area (TPSA) is 38.5 Å². The molecule has 100 valence electrons. The number of halogens is 1. The first-order valence-electron chi connectivity index (χ1n) is 6.50. The first kappa shape index (κ1) is 13.3. The van der Waals surface area contributed by atoms with Gasteiger partial charge in [-0.05, 0) is 32.4 Å². The van der Waals surface area contributed by atoms with E-state index in [0.717, 1.165) is 26.0 Å². The molecule has 1 unspecified atom stereocenters. The van der Waals surface area contributed by atoms with Gasteiger partial charge in [-0.15, -0.1) is 0 Å². The van der Waals surface area contributed by atoms with Crippen LogP contribution in [0.5, 0.6) is 0 Å². The van der Waals surface area contributed by atoms with Gasteiger partial charge in [0.25, 0.3) is 0 Å². The maximum atomic E-state index is 13.8. The van der Waals surface area contributed by atoms with E-state index < -0.39 is 0 Å². The molecule has 1 aliphatic rings. The molecule has 18 heavy (non-hydrogen) atoms. The van der Waals surface area contributed by atoms with Crippen LogP contribution in [0.25, 0.3) is 0 Å². The van der Waals surface area contributed by atoms with Crippen LogP contribution in [0, 0.1) is 5.82 Å². The Morgan fingerprint density at radius 2 is 2.28 bits per heavy atom. The number of nitrogen functional groups attached to an aromatic ring is 1. The molecule has 1 saturated heterocycles. The van der Waals surface area contributed by atoms with E-state index in [1.807, 2.05) is 7.05 Å². The number of nitrogens with two attached hydrogens (primary N) is 1. The monoisotopic (exact) mass is 252 g/mol. The summed E-state index contributed by atoms with van der Waals surface area (Å²) in [6.07, 6.45) is 3.77. The van der Waals surface area contributed by atoms with Gasteiger partial charge >= 0.3 is 0 Å². The molecule has 1 atom stereocenters. The van der Waals surface area contributed by atoms with E-state index in [0.29, 0.717) is 12.1 Å². The van der Waals surface area contributed by atoms with Crippen molar-refractivity contribution in [1.29, 1.82) is 0 Å². The fraction of sp³-hybridized carbons (Fsp3) is 0.571. The van der Waals surface area contributed by atoms with Crippen LogP contribution in [0.1, 0.15) is 24.8 Å². The number of rotatable bonds is 4. The Bertz CT molecular complexity index is 391. The van der Waals surface area contributed by atoms with Crippen molar-refractivity contribution in [1.82, 2.24) is 4.90 Å². The van der Waals surface area contributed by atoms with Crippen LogP contribution in [0.15, 0.2) is 18.2 Å². The first-order valence-corrected chi connectivity index (χ1v) is 6.50. The third kappa shape index (κ3) is 3.43. The van der Waals surface area contributed by atoms with Crippen LogP contribution in [0.4, 0.5) is 10.1 Å². The van der Waals surface area contributed by atoms with E-state index in [4.69, 9.17) is 10.5 Å². The molecular formula is C14H21FN2O. The molecule has 1 fully saturated rings. The highest BCUT2D eigenvalue weighted by molar-refractivity contribution is 5.42. The highest BCUT2D eigenvalue weighted by Gasteiger charge is 2.16. The van der Waals surface area contributed by atoms with Crippen LogP contribution in [0.3, 0.4) is 0 Å². The maximum absolute atomic E-state index is 13.8. The molecule has 1 aromatic carbocycles. The van der Waals surface area contributed by atoms with Gasteiger partial charge in [-0.3, -0.25) is 4.90 Å². The molecule has 0 radical (unpaired) electrons. The summed E-state index contributed by atoms with van der Waals surface area (Å²) in [6, 6.07) is 5.16. The van der Waals surface area contributed by atoms with Crippen LogP contribution >= 0.6 is 0 Å². The summed E-state index contributed by atoms with van der Waals surface area (Å²) in [5, 5.41) is 0. The molecule has 0 saturated carbocycles. The summed E-state index contributed by atoms with van der Waals surface area (Å²) in [6.45, 7) is 2.26. The van der Waals surface area contributed by atoms with Gasteiger partial charge in [0.1, 0.15) is 0 Å². The smallest absolute Gasteiger partial charge is 0.150 e. The molecule has 0 spiro atoms. The molecule has 2 rings (SSSR count). The minimum atomic E-state index is -0.297. The predicted molar refractivity (Wildman–Crippen MR) is 70.7 cm³/mol. The first-order chi connectivity index (χ1) is 8.66. The zero-order valence-corrected chi connectivity index (χ0v) is 10.9. The second-order valence-corrected chi connectivity index (χ2v) is 5.01. The Labute approximate surface area is 108 Å². The Morgan fingerprint density at radius 1 is 1.44 bits per heavy atom. The Morgan fingerprint density at radius 3 is 3.00 bits per heavy atom. The fourth-order valence-corrected chi connectivity index (χ4v) is 2.38. The number of anilines is 1. The molecule has 1 heterocycles. The molecule has 1 aromatic rings. The summed E-state index contributed by atoms with van der Waals surface area (Å²) in [7, 11) is 1.99. The number of likely N-dealkylation sites (N-methyl/N-ethyl adjacent to an activating group) is 1. The lowest BCUT2D eigenvalue weighted by atomic mass is 10.1. The minimum absolute atomic E-state index is 0.217. The molecule has 2 N–H and O–H groups in total. The molecule has 0 amide bonds. The van der Waals surface area contributed by atoms with Crippen molar-refractivity contribution < 1.29 is 9.13 Å². The summed E-state index contributed by atoms with van der Waals surface area (Å²) >= 11 is 0. The van der Waals surface area contributed by atoms with Gasteiger partial charge in [0.15, 0.2) is 5.82 Å². The third-order valence-corrected chi connectivity index (χ3v) is 3.34. The SMILES string of the molecule is CN(Cc1cccc(N)c1F)CC1CCCCO1. The number of ether oxygens (including phenoxy) is 1. The van der Waals surface area contributed by atoms with E-state index >= 15 is 0 Å². The molecule has 0 aliphatic carbocycles. The normalized spacial score (nSPS) is 20.3. The van der Waals surface area contributed by atoms with Crippen molar-refractivity contribution >= 4 is 5.69 Å². The van der Waals surface area contributed by atoms with E-state index in [1.54, 1.807) is 18.2 Å². The highest BCUT2D eigenvalue weighted by Crippen LogP contribution is 2.18. The van der Waals surface area contributed by atoms with Crippen molar-refractivity contribution in [3.05, 3.63) is 29.6 Å². The van der Waals surface area contributed by atoms with Crippen LogP contribution in [-0.4, -0.2) is 31.2 Å². The van der Waals surface area contributed by atoms with Gasteiger partial charge in [0, 0.05) is 25.3 Å². The van der Waals surface area contributed by atoms with Crippen LogP contribution < -0.4 is 5.73 Å². The minimum Gasteiger partial charge on any atom is -0.396 e. The van der Waals surface area contributed by atoms with Crippen LogP contribution in [0.2, 0.25) is 0 Å². The quantitative estimate of drug-likeness (QED) is 0.836. The van der Waals surface area contributed by atoms with Crippen molar-refractivity contribution in [3.63, 3.8) is 0 Å². The molecule has 0 aromatic heterocycles. The lowest BCUT2D eigenvalue weighted by molar-refractivity contribution is -0.00271. The van der Waals surface area contributed by atoms with Gasteiger partial charge < -0.3 is 10.5 Å². The van der Waals surface area contributed by atoms with E-state index in [1.165, 1.54) is 6.42 Å². The fourth-order valence-electron chi connectivity index (χ4n) is 2.38. The lowest BCUT2D eigenvalue weighted by Crippen LogP contribution is -2.33. The highest BCUT2D eigenvalue weighted by atomic mass is 19.1. The van der Waals surface area contributed by atoms with Gasteiger partial charge in [-0.25, -0.2) is 4.39 Å². The van der Waals surface area contributed by atoms with Gasteiger partial charge in [0.2, 0.25) is 0 Å². The molecule has 3 nitrogen and oxygen atoms in total. The molecule has 0 bridgehead atoms. The Kier molecular flexibility index (Phi) is 4.55. The Balaban J connectivity index is 1.90. The van der Waals surface area contributed by atoms with E-state index in [2.05, 4.69) is 4.90 Å². The van der Waals surface area contributed by atoms with Gasteiger partial charge in [-0.2, -0.15) is 0 Å². The van der Waals surface area contributed by atoms with Crippen molar-refractivity contribution in [2.24, 2.45) is 0 Å². The Hall–Kier alpha value is -1.13. The average Bonchev–Trinajstić information content (AvgIpc) is 2.36. The van der Waals surface area contributed by atoms with Crippen molar-refractivity contribution in [3.8, 4) is 0 Å². The average molecular weight is 252 g/mol. The van der Waals surface area contributed by atoms with Crippen LogP contribution in [-0.2, 0) is 11.3 Å². The molecule has 1 aliphatic heterocycles. The summed E-state index contributed by atoms with van der Waals surface area (Å²) in [4.78, 5) is 2.09. The van der Waals surface area contributed by atoms with Gasteiger partial charge in [0.05, 0.1) is 11.8 Å². The number of hydrogen-bond donors (Lipinski definition) is 1. The number of benzene rings is 1. The largest absolute Gasteiger partial charge is 0.396 e. The van der Waals surface area contributed by atoms with Crippen molar-refractivity contribution in [2.75, 3.05) is 25.9 Å². The number of hydrogen-bond acceptors (Lipinski definition) is 3. The second-order valence-electron chi connectivity index (χ2n) is 5.01. The van der Waals surface area contributed by atoms with Crippen molar-refractivity contribution in [2.45, 2.75) is 31.9 Å². The lowest BCUT2D eigenvalue weighted by Gasteiger charge is -2.27.